The molecule has 0 aliphatic heterocycles. The molecule has 0 saturated heterocycles. The van der Waals surface area contributed by atoms with Crippen molar-refractivity contribution in [2.24, 2.45) is 0 Å². The van der Waals surface area contributed by atoms with E-state index in [1.807, 2.05) is 6.07 Å². The first-order valence-electron chi connectivity index (χ1n) is 10.4. The Morgan fingerprint density at radius 3 is 2.13 bits per heavy atom. The Bertz CT molecular complexity index is 1130. The Morgan fingerprint density at radius 2 is 1.48 bits per heavy atom. The summed E-state index contributed by atoms with van der Waals surface area (Å²) in [6.45, 7) is 7.44. The molecule has 0 fully saturated rings. The third-order valence-electron chi connectivity index (χ3n) is 5.19. The molecule has 0 unspecified atom stereocenters. The zero-order chi connectivity index (χ0) is 21.8. The molecule has 0 N–H and O–H groups in total. The summed E-state index contributed by atoms with van der Waals surface area (Å²) in [7, 11) is 0. The second kappa shape index (κ2) is 9.41. The summed E-state index contributed by atoms with van der Waals surface area (Å²) >= 11 is 5.23. The van der Waals surface area contributed by atoms with Crippen LogP contribution in [0.3, 0.4) is 0 Å². The van der Waals surface area contributed by atoms with Gasteiger partial charge in [-0.1, -0.05) is 115 Å². The van der Waals surface area contributed by atoms with Gasteiger partial charge in [0.15, 0.2) is 11.0 Å². The molecule has 5 heteroatoms. The first-order chi connectivity index (χ1) is 14.9. The molecule has 3 nitrogen and oxygen atoms in total. The predicted octanol–water partition coefficient (Wildman–Crippen LogP) is 7.35. The number of rotatable bonds is 6. The molecule has 0 amide bonds. The maximum atomic E-state index is 4.59. The zero-order valence-electron chi connectivity index (χ0n) is 18.0. The molecule has 0 bridgehead atoms. The van der Waals surface area contributed by atoms with Crippen molar-refractivity contribution in [3.05, 3.63) is 100 Å². The molecule has 0 aliphatic rings. The van der Waals surface area contributed by atoms with E-state index in [0.717, 1.165) is 33.3 Å². The Kier molecular flexibility index (Phi) is 6.63. The van der Waals surface area contributed by atoms with Crippen molar-refractivity contribution >= 4 is 27.7 Å². The van der Waals surface area contributed by atoms with Gasteiger partial charge in [-0.3, -0.25) is 4.57 Å². The van der Waals surface area contributed by atoms with Crippen LogP contribution in [0.15, 0.2) is 88.5 Å². The number of nitrogens with zero attached hydrogens (tertiary/aromatic N) is 3. The van der Waals surface area contributed by atoms with Gasteiger partial charge in [0.1, 0.15) is 0 Å². The Morgan fingerprint density at radius 1 is 0.806 bits per heavy atom. The van der Waals surface area contributed by atoms with Crippen molar-refractivity contribution in [2.45, 2.75) is 43.6 Å². The van der Waals surface area contributed by atoms with E-state index in [9.17, 15) is 0 Å². The second-order valence-electron chi connectivity index (χ2n) is 8.62. The molecule has 3 aromatic carbocycles. The van der Waals surface area contributed by atoms with E-state index < -0.39 is 0 Å². The molecule has 0 spiro atoms. The van der Waals surface area contributed by atoms with Crippen LogP contribution in [-0.2, 0) is 17.7 Å². The lowest BCUT2D eigenvalue weighted by Gasteiger charge is -2.19. The summed E-state index contributed by atoms with van der Waals surface area (Å²) in [5, 5.41) is 10.1. The SMILES string of the molecule is CC(C)(C)c1ccc(-c2nnc(SCc3ccc(Br)cc3)n2Cc2ccccc2)cc1. The fraction of sp³-hybridized carbons (Fsp3) is 0.231. The lowest BCUT2D eigenvalue weighted by Crippen LogP contribution is -2.10. The van der Waals surface area contributed by atoms with Gasteiger partial charge in [0.25, 0.3) is 0 Å². The first-order valence-corrected chi connectivity index (χ1v) is 12.1. The van der Waals surface area contributed by atoms with Crippen molar-refractivity contribution < 1.29 is 0 Å². The highest BCUT2D eigenvalue weighted by Gasteiger charge is 2.17. The van der Waals surface area contributed by atoms with Crippen LogP contribution in [0.5, 0.6) is 0 Å². The molecule has 0 radical (unpaired) electrons. The zero-order valence-corrected chi connectivity index (χ0v) is 20.5. The standard InChI is InChI=1S/C26H26BrN3S/c1-26(2,3)22-13-11-21(12-14-22)24-28-29-25(30(24)17-19-7-5-4-6-8-19)31-18-20-9-15-23(27)16-10-20/h4-16H,17-18H2,1-3H3. The van der Waals surface area contributed by atoms with E-state index in [2.05, 4.69) is 124 Å². The van der Waals surface area contributed by atoms with Gasteiger partial charge in [0, 0.05) is 15.8 Å². The van der Waals surface area contributed by atoms with Crippen molar-refractivity contribution in [1.82, 2.24) is 14.8 Å². The average Bonchev–Trinajstić information content (AvgIpc) is 3.16. The van der Waals surface area contributed by atoms with Crippen LogP contribution < -0.4 is 0 Å². The predicted molar refractivity (Wildman–Crippen MR) is 133 cm³/mol. The number of aromatic nitrogens is 3. The highest BCUT2D eigenvalue weighted by atomic mass is 79.9. The van der Waals surface area contributed by atoms with Crippen LogP contribution in [-0.4, -0.2) is 14.8 Å². The van der Waals surface area contributed by atoms with Crippen LogP contribution >= 0.6 is 27.7 Å². The minimum Gasteiger partial charge on any atom is -0.298 e. The fourth-order valence-corrected chi connectivity index (χ4v) is 4.52. The number of thioether (sulfide) groups is 1. The van der Waals surface area contributed by atoms with E-state index in [1.165, 1.54) is 16.7 Å². The topological polar surface area (TPSA) is 30.7 Å². The number of hydrogen-bond acceptors (Lipinski definition) is 3. The maximum Gasteiger partial charge on any atom is 0.192 e. The molecule has 0 saturated carbocycles. The minimum atomic E-state index is 0.127. The molecular weight excluding hydrogens is 466 g/mol. The lowest BCUT2D eigenvalue weighted by atomic mass is 9.87. The molecule has 31 heavy (non-hydrogen) atoms. The van der Waals surface area contributed by atoms with Gasteiger partial charge in [-0.15, -0.1) is 10.2 Å². The quantitative estimate of drug-likeness (QED) is 0.264. The molecule has 0 atom stereocenters. The van der Waals surface area contributed by atoms with E-state index in [-0.39, 0.29) is 5.41 Å². The van der Waals surface area contributed by atoms with Gasteiger partial charge in [-0.2, -0.15) is 0 Å². The van der Waals surface area contributed by atoms with E-state index in [4.69, 9.17) is 0 Å². The van der Waals surface area contributed by atoms with Gasteiger partial charge in [0.2, 0.25) is 0 Å². The smallest absolute Gasteiger partial charge is 0.192 e. The Balaban J connectivity index is 1.65. The van der Waals surface area contributed by atoms with Crippen LogP contribution in [0.4, 0.5) is 0 Å². The first kappa shape index (κ1) is 21.8. The largest absolute Gasteiger partial charge is 0.298 e. The third kappa shape index (κ3) is 5.46. The summed E-state index contributed by atoms with van der Waals surface area (Å²) in [5.41, 5.74) is 5.03. The summed E-state index contributed by atoms with van der Waals surface area (Å²) < 4.78 is 3.32. The van der Waals surface area contributed by atoms with Crippen molar-refractivity contribution in [3.8, 4) is 11.4 Å². The van der Waals surface area contributed by atoms with Crippen LogP contribution in [0.25, 0.3) is 11.4 Å². The summed E-state index contributed by atoms with van der Waals surface area (Å²) in [6.07, 6.45) is 0. The van der Waals surface area contributed by atoms with E-state index >= 15 is 0 Å². The van der Waals surface area contributed by atoms with Gasteiger partial charge in [0.05, 0.1) is 6.54 Å². The highest BCUT2D eigenvalue weighted by Crippen LogP contribution is 2.30. The molecule has 4 rings (SSSR count). The number of benzene rings is 3. The van der Waals surface area contributed by atoms with E-state index in [1.54, 1.807) is 11.8 Å². The molecular formula is C26H26BrN3S. The van der Waals surface area contributed by atoms with E-state index in [0.29, 0.717) is 0 Å². The normalized spacial score (nSPS) is 11.6. The number of hydrogen-bond donors (Lipinski definition) is 0. The van der Waals surface area contributed by atoms with Crippen molar-refractivity contribution in [1.29, 1.82) is 0 Å². The summed E-state index contributed by atoms with van der Waals surface area (Å²) in [4.78, 5) is 0. The number of halogens is 1. The molecule has 1 aromatic heterocycles. The van der Waals surface area contributed by atoms with Gasteiger partial charge < -0.3 is 0 Å². The minimum absolute atomic E-state index is 0.127. The Hall–Kier alpha value is -2.37. The van der Waals surface area contributed by atoms with Crippen molar-refractivity contribution in [2.75, 3.05) is 0 Å². The van der Waals surface area contributed by atoms with Gasteiger partial charge in [-0.05, 0) is 34.2 Å². The fourth-order valence-electron chi connectivity index (χ4n) is 3.37. The molecule has 158 valence electrons. The Labute approximate surface area is 197 Å². The highest BCUT2D eigenvalue weighted by molar-refractivity contribution is 9.10. The average molecular weight is 492 g/mol. The molecule has 1 heterocycles. The van der Waals surface area contributed by atoms with Crippen LogP contribution in [0.2, 0.25) is 0 Å². The third-order valence-corrected chi connectivity index (χ3v) is 6.76. The second-order valence-corrected chi connectivity index (χ2v) is 10.5. The van der Waals surface area contributed by atoms with Crippen LogP contribution in [0.1, 0.15) is 37.5 Å². The summed E-state index contributed by atoms with van der Waals surface area (Å²) in [5.74, 6) is 1.76. The molecule has 0 aliphatic carbocycles. The van der Waals surface area contributed by atoms with Crippen molar-refractivity contribution in [3.63, 3.8) is 0 Å². The molecule has 4 aromatic rings. The monoisotopic (exact) mass is 491 g/mol. The maximum absolute atomic E-state index is 4.59. The lowest BCUT2D eigenvalue weighted by molar-refractivity contribution is 0.590. The summed E-state index contributed by atoms with van der Waals surface area (Å²) in [6, 6.07) is 27.7. The van der Waals surface area contributed by atoms with Gasteiger partial charge in [-0.25, -0.2) is 0 Å². The van der Waals surface area contributed by atoms with Gasteiger partial charge >= 0.3 is 0 Å². The van der Waals surface area contributed by atoms with Crippen LogP contribution in [0, 0.1) is 0 Å².